The smallest absolute Gasteiger partial charge is 0.164 e. The van der Waals surface area contributed by atoms with Gasteiger partial charge in [-0.3, -0.25) is 4.79 Å². The zero-order valence-electron chi connectivity index (χ0n) is 9.79. The first-order chi connectivity index (χ1) is 7.68. The van der Waals surface area contributed by atoms with Crippen LogP contribution in [0.25, 0.3) is 0 Å². The third kappa shape index (κ3) is 2.22. The molecule has 2 nitrogen and oxygen atoms in total. The fraction of sp³-hybridized carbons (Fsp3) is 0.357. The summed E-state index contributed by atoms with van der Waals surface area (Å²) in [5.41, 5.74) is 3.49. The SMILES string of the molecule is CC(C)=CC(=O)C1CNCc2ccccc21. The van der Waals surface area contributed by atoms with Gasteiger partial charge in [0.15, 0.2) is 5.78 Å². The van der Waals surface area contributed by atoms with E-state index < -0.39 is 0 Å². The van der Waals surface area contributed by atoms with Gasteiger partial charge in [-0.05, 0) is 31.1 Å². The highest BCUT2D eigenvalue weighted by atomic mass is 16.1. The van der Waals surface area contributed by atoms with Crippen molar-refractivity contribution in [1.29, 1.82) is 0 Å². The molecule has 0 spiro atoms. The third-order valence-corrected chi connectivity index (χ3v) is 2.87. The van der Waals surface area contributed by atoms with Gasteiger partial charge in [0.25, 0.3) is 0 Å². The van der Waals surface area contributed by atoms with E-state index in [2.05, 4.69) is 17.4 Å². The van der Waals surface area contributed by atoms with Crippen molar-refractivity contribution in [2.75, 3.05) is 6.54 Å². The lowest BCUT2D eigenvalue weighted by atomic mass is 9.87. The molecule has 2 heteroatoms. The van der Waals surface area contributed by atoms with Gasteiger partial charge in [-0.2, -0.15) is 0 Å². The minimum Gasteiger partial charge on any atom is -0.312 e. The first-order valence-corrected chi connectivity index (χ1v) is 5.66. The molecule has 16 heavy (non-hydrogen) atoms. The van der Waals surface area contributed by atoms with Crippen molar-refractivity contribution >= 4 is 5.78 Å². The lowest BCUT2D eigenvalue weighted by Gasteiger charge is -2.24. The fourth-order valence-corrected chi connectivity index (χ4v) is 2.14. The van der Waals surface area contributed by atoms with Crippen molar-refractivity contribution in [3.05, 3.63) is 47.0 Å². The Labute approximate surface area is 96.4 Å². The van der Waals surface area contributed by atoms with Gasteiger partial charge in [0.1, 0.15) is 0 Å². The van der Waals surface area contributed by atoms with Crippen LogP contribution < -0.4 is 5.32 Å². The van der Waals surface area contributed by atoms with Crippen molar-refractivity contribution in [1.82, 2.24) is 5.32 Å². The van der Waals surface area contributed by atoms with Gasteiger partial charge in [-0.25, -0.2) is 0 Å². The zero-order chi connectivity index (χ0) is 11.5. The maximum atomic E-state index is 12.1. The molecule has 0 saturated carbocycles. The number of rotatable bonds is 2. The van der Waals surface area contributed by atoms with E-state index in [0.717, 1.165) is 18.7 Å². The van der Waals surface area contributed by atoms with Crippen molar-refractivity contribution in [3.63, 3.8) is 0 Å². The number of carbonyl (C=O) groups is 1. The highest BCUT2D eigenvalue weighted by molar-refractivity contribution is 5.96. The molecule has 1 atom stereocenters. The Bertz CT molecular complexity index is 430. The van der Waals surface area contributed by atoms with Gasteiger partial charge in [0.05, 0.1) is 5.92 Å². The van der Waals surface area contributed by atoms with Crippen LogP contribution in [0.15, 0.2) is 35.9 Å². The van der Waals surface area contributed by atoms with Gasteiger partial charge in [-0.15, -0.1) is 0 Å². The number of nitrogens with one attached hydrogen (secondary N) is 1. The molecule has 0 fully saturated rings. The predicted molar refractivity (Wildman–Crippen MR) is 65.3 cm³/mol. The minimum absolute atomic E-state index is 0.0140. The topological polar surface area (TPSA) is 29.1 Å². The van der Waals surface area contributed by atoms with E-state index in [9.17, 15) is 4.79 Å². The zero-order valence-corrected chi connectivity index (χ0v) is 9.79. The largest absolute Gasteiger partial charge is 0.312 e. The summed E-state index contributed by atoms with van der Waals surface area (Å²) < 4.78 is 0. The molecular weight excluding hydrogens is 198 g/mol. The lowest BCUT2D eigenvalue weighted by molar-refractivity contribution is -0.116. The summed E-state index contributed by atoms with van der Waals surface area (Å²) in [5.74, 6) is 0.194. The molecule has 1 unspecified atom stereocenters. The van der Waals surface area contributed by atoms with E-state index in [1.54, 1.807) is 6.08 Å². The highest BCUT2D eigenvalue weighted by Gasteiger charge is 2.24. The molecule has 1 heterocycles. The molecular formula is C14H17NO. The van der Waals surface area contributed by atoms with E-state index in [1.165, 1.54) is 11.1 Å². The Morgan fingerprint density at radius 1 is 1.38 bits per heavy atom. The van der Waals surface area contributed by atoms with Crippen LogP contribution in [0.4, 0.5) is 0 Å². The summed E-state index contributed by atoms with van der Waals surface area (Å²) in [5, 5.41) is 3.30. The van der Waals surface area contributed by atoms with Crippen molar-refractivity contribution in [3.8, 4) is 0 Å². The molecule has 0 radical (unpaired) electrons. The molecule has 1 N–H and O–H groups in total. The van der Waals surface area contributed by atoms with Crippen LogP contribution in [0.3, 0.4) is 0 Å². The molecule has 0 bridgehead atoms. The number of ketones is 1. The quantitative estimate of drug-likeness (QED) is 0.768. The van der Waals surface area contributed by atoms with Gasteiger partial charge < -0.3 is 5.32 Å². The number of hydrogen-bond donors (Lipinski definition) is 1. The normalized spacial score (nSPS) is 18.8. The fourth-order valence-electron chi connectivity index (χ4n) is 2.14. The van der Waals surface area contributed by atoms with Crippen LogP contribution in [0, 0.1) is 0 Å². The number of allylic oxidation sites excluding steroid dienone is 2. The average Bonchev–Trinajstić information content (AvgIpc) is 2.27. The lowest BCUT2D eigenvalue weighted by Crippen LogP contribution is -2.32. The minimum atomic E-state index is -0.0140. The second kappa shape index (κ2) is 4.62. The Morgan fingerprint density at radius 3 is 2.88 bits per heavy atom. The number of carbonyl (C=O) groups excluding carboxylic acids is 1. The van der Waals surface area contributed by atoms with E-state index >= 15 is 0 Å². The van der Waals surface area contributed by atoms with Crippen LogP contribution in [0.2, 0.25) is 0 Å². The molecule has 0 saturated heterocycles. The van der Waals surface area contributed by atoms with Gasteiger partial charge in [0.2, 0.25) is 0 Å². The Kier molecular flexibility index (Phi) is 3.20. The summed E-state index contributed by atoms with van der Waals surface area (Å²) in [7, 11) is 0. The summed E-state index contributed by atoms with van der Waals surface area (Å²) >= 11 is 0. The first kappa shape index (κ1) is 11.1. The first-order valence-electron chi connectivity index (χ1n) is 5.66. The summed E-state index contributed by atoms with van der Waals surface area (Å²) in [4.78, 5) is 12.1. The molecule has 84 valence electrons. The van der Waals surface area contributed by atoms with Gasteiger partial charge in [-0.1, -0.05) is 29.8 Å². The van der Waals surface area contributed by atoms with Gasteiger partial charge >= 0.3 is 0 Å². The second-order valence-electron chi connectivity index (χ2n) is 4.51. The van der Waals surface area contributed by atoms with Crippen LogP contribution in [-0.2, 0) is 11.3 Å². The molecule has 0 aromatic heterocycles. The third-order valence-electron chi connectivity index (χ3n) is 2.87. The summed E-state index contributed by atoms with van der Waals surface area (Å²) in [6, 6.07) is 8.18. The van der Waals surface area contributed by atoms with Crippen LogP contribution in [-0.4, -0.2) is 12.3 Å². The van der Waals surface area contributed by atoms with Crippen molar-refractivity contribution in [2.24, 2.45) is 0 Å². The molecule has 0 amide bonds. The molecule has 1 aliphatic rings. The predicted octanol–water partition coefficient (Wildman–Crippen LogP) is 2.41. The molecule has 0 aliphatic carbocycles. The van der Waals surface area contributed by atoms with Crippen LogP contribution in [0.1, 0.15) is 30.9 Å². The van der Waals surface area contributed by atoms with Gasteiger partial charge in [0, 0.05) is 13.1 Å². The van der Waals surface area contributed by atoms with Crippen LogP contribution >= 0.6 is 0 Å². The number of hydrogen-bond acceptors (Lipinski definition) is 2. The average molecular weight is 215 g/mol. The number of benzene rings is 1. The van der Waals surface area contributed by atoms with Crippen molar-refractivity contribution in [2.45, 2.75) is 26.3 Å². The second-order valence-corrected chi connectivity index (χ2v) is 4.51. The monoisotopic (exact) mass is 215 g/mol. The maximum Gasteiger partial charge on any atom is 0.164 e. The molecule has 1 aromatic rings. The molecule has 1 aromatic carbocycles. The Balaban J connectivity index is 2.32. The molecule has 1 aliphatic heterocycles. The Morgan fingerprint density at radius 2 is 2.12 bits per heavy atom. The number of fused-ring (bicyclic) bond motifs is 1. The highest BCUT2D eigenvalue weighted by Crippen LogP contribution is 2.25. The van der Waals surface area contributed by atoms with E-state index in [4.69, 9.17) is 0 Å². The Hall–Kier alpha value is -1.41. The standard InChI is InChI=1S/C14H17NO/c1-10(2)7-14(16)13-9-15-8-11-5-3-4-6-12(11)13/h3-7,13,15H,8-9H2,1-2H3. The van der Waals surface area contributed by atoms with E-state index in [-0.39, 0.29) is 11.7 Å². The summed E-state index contributed by atoms with van der Waals surface area (Å²) in [6.45, 7) is 5.54. The van der Waals surface area contributed by atoms with Crippen LogP contribution in [0.5, 0.6) is 0 Å². The van der Waals surface area contributed by atoms with E-state index in [0.29, 0.717) is 0 Å². The van der Waals surface area contributed by atoms with Crippen molar-refractivity contribution < 1.29 is 4.79 Å². The molecule has 2 rings (SSSR count). The summed E-state index contributed by atoms with van der Waals surface area (Å²) in [6.07, 6.45) is 1.74. The maximum absolute atomic E-state index is 12.1. The van der Waals surface area contributed by atoms with E-state index in [1.807, 2.05) is 26.0 Å².